The lowest BCUT2D eigenvalue weighted by atomic mass is 9.85. The van der Waals surface area contributed by atoms with Gasteiger partial charge in [0.1, 0.15) is 12.4 Å². The van der Waals surface area contributed by atoms with Crippen molar-refractivity contribution in [2.24, 2.45) is 23.7 Å². The van der Waals surface area contributed by atoms with Gasteiger partial charge in [-0.1, -0.05) is 17.7 Å². The van der Waals surface area contributed by atoms with Gasteiger partial charge in [-0.2, -0.15) is 5.26 Å². The highest BCUT2D eigenvalue weighted by atomic mass is 32.1. The number of rotatable bonds is 7. The molecule has 3 fully saturated rings. The Bertz CT molecular complexity index is 1530. The first kappa shape index (κ1) is 28.2. The van der Waals surface area contributed by atoms with E-state index in [0.717, 1.165) is 77.6 Å². The molecule has 218 valence electrons. The number of thiazole rings is 1. The molecule has 1 unspecified atom stereocenters. The Morgan fingerprint density at radius 2 is 1.88 bits per heavy atom. The van der Waals surface area contributed by atoms with Crippen LogP contribution in [0.4, 0.5) is 5.13 Å². The van der Waals surface area contributed by atoms with E-state index in [-0.39, 0.29) is 29.6 Å². The second kappa shape index (κ2) is 11.8. The number of hydrogen-bond acceptors (Lipinski definition) is 7. The molecule has 6 rings (SSSR count). The van der Waals surface area contributed by atoms with Crippen molar-refractivity contribution in [3.05, 3.63) is 64.0 Å². The highest BCUT2D eigenvalue weighted by Crippen LogP contribution is 2.44. The minimum atomic E-state index is -0.657. The summed E-state index contributed by atoms with van der Waals surface area (Å²) in [6.45, 7) is 7.08. The average molecular weight is 585 g/mol. The molecule has 1 amide bonds. The molecule has 2 saturated heterocycles. The molecule has 4 atom stereocenters. The summed E-state index contributed by atoms with van der Waals surface area (Å²) < 4.78 is 6.35. The van der Waals surface area contributed by atoms with Gasteiger partial charge in [-0.15, -0.1) is 11.3 Å². The molecule has 1 N–H and O–H groups in total. The van der Waals surface area contributed by atoms with E-state index in [1.807, 2.05) is 37.3 Å². The van der Waals surface area contributed by atoms with Gasteiger partial charge in [-0.3, -0.25) is 9.59 Å². The molecule has 1 saturated carbocycles. The molecular weight excluding hydrogens is 548 g/mol. The van der Waals surface area contributed by atoms with Crippen molar-refractivity contribution in [3.63, 3.8) is 0 Å². The average Bonchev–Trinajstić information content (AvgIpc) is 3.59. The molecule has 9 heteroatoms. The lowest BCUT2D eigenvalue weighted by molar-refractivity contribution is -0.144. The summed E-state index contributed by atoms with van der Waals surface area (Å²) in [5.74, 6) is 0.123. The van der Waals surface area contributed by atoms with Crippen LogP contribution in [0.25, 0.3) is 11.3 Å². The zero-order chi connectivity index (χ0) is 29.4. The summed E-state index contributed by atoms with van der Waals surface area (Å²) in [5, 5.41) is 22.0. The number of carbonyl (C=O) groups is 2. The molecular formula is C33H36N4O4S. The van der Waals surface area contributed by atoms with Crippen LogP contribution in [0, 0.1) is 48.9 Å². The number of aromatic nitrogens is 1. The van der Waals surface area contributed by atoms with Gasteiger partial charge in [0, 0.05) is 42.7 Å². The van der Waals surface area contributed by atoms with Gasteiger partial charge >= 0.3 is 5.97 Å². The van der Waals surface area contributed by atoms with E-state index in [4.69, 9.17) is 9.72 Å². The lowest BCUT2D eigenvalue weighted by Crippen LogP contribution is -2.44. The number of carbonyl (C=O) groups excluding carboxylic acids is 1. The van der Waals surface area contributed by atoms with Crippen molar-refractivity contribution >= 4 is 28.3 Å². The second-order valence-electron chi connectivity index (χ2n) is 12.0. The van der Waals surface area contributed by atoms with Gasteiger partial charge in [0.05, 0.1) is 23.6 Å². The van der Waals surface area contributed by atoms with Crippen LogP contribution in [0.2, 0.25) is 0 Å². The normalized spacial score (nSPS) is 23.5. The van der Waals surface area contributed by atoms with Gasteiger partial charge < -0.3 is 19.6 Å². The maximum Gasteiger partial charge on any atom is 0.307 e. The summed E-state index contributed by atoms with van der Waals surface area (Å²) in [7, 11) is 0. The third kappa shape index (κ3) is 5.60. The van der Waals surface area contributed by atoms with Gasteiger partial charge in [-0.25, -0.2) is 4.98 Å². The number of hydrogen-bond donors (Lipinski definition) is 1. The Balaban J connectivity index is 1.15. The SMILES string of the molecule is Cc1ccc(OCc2ccc(C(=O)N3CCCC(C#N)C3)cc2C)c(-c2csc(N3C[C@H]4CC[C@@H](C3)[C@H]4C(=O)O)n2)c1. The standard InChI is InChI=1S/C33H36N4O4S/c1-20-5-10-29(41-18-26-9-6-23(13-21(26)2)31(38)36-11-3-4-22(14-34)15-36)27(12-20)28-19-42-33(35-28)37-16-24-7-8-25(17-37)30(24)32(39)40/h5-6,9-10,12-13,19,22,24-25,30H,3-4,7-8,11,15-18H2,1-2H3,(H,39,40)/t22?,24-,25+,30+. The van der Waals surface area contributed by atoms with Crippen molar-refractivity contribution in [2.75, 3.05) is 31.1 Å². The molecule has 2 aromatic carbocycles. The number of benzene rings is 2. The zero-order valence-electron chi connectivity index (χ0n) is 24.1. The number of aliphatic carboxylic acids is 1. The number of aryl methyl sites for hydroxylation is 2. The smallest absolute Gasteiger partial charge is 0.307 e. The number of carboxylic acid groups (broad SMARTS) is 1. The van der Waals surface area contributed by atoms with Gasteiger partial charge in [0.2, 0.25) is 0 Å². The van der Waals surface area contributed by atoms with Crippen LogP contribution in [0.5, 0.6) is 5.75 Å². The number of likely N-dealkylation sites (tertiary alicyclic amines) is 1. The largest absolute Gasteiger partial charge is 0.488 e. The van der Waals surface area contributed by atoms with Crippen molar-refractivity contribution in [3.8, 4) is 23.1 Å². The summed E-state index contributed by atoms with van der Waals surface area (Å²) in [6, 6.07) is 14.1. The van der Waals surface area contributed by atoms with Crippen LogP contribution in [-0.2, 0) is 11.4 Å². The zero-order valence-corrected chi connectivity index (χ0v) is 24.9. The summed E-state index contributed by atoms with van der Waals surface area (Å²) in [4.78, 5) is 33.9. The van der Waals surface area contributed by atoms with Crippen LogP contribution in [0.3, 0.4) is 0 Å². The predicted molar refractivity (Wildman–Crippen MR) is 162 cm³/mol. The van der Waals surface area contributed by atoms with E-state index < -0.39 is 5.97 Å². The second-order valence-corrected chi connectivity index (χ2v) is 12.9. The highest BCUT2D eigenvalue weighted by Gasteiger charge is 2.46. The van der Waals surface area contributed by atoms with E-state index in [1.165, 1.54) is 0 Å². The van der Waals surface area contributed by atoms with Gasteiger partial charge in [-0.05, 0) is 86.8 Å². The summed E-state index contributed by atoms with van der Waals surface area (Å²) >= 11 is 1.60. The molecule has 1 aliphatic carbocycles. The van der Waals surface area contributed by atoms with E-state index >= 15 is 0 Å². The molecule has 0 spiro atoms. The summed E-state index contributed by atoms with van der Waals surface area (Å²) in [5.41, 5.74) is 5.53. The van der Waals surface area contributed by atoms with Crippen molar-refractivity contribution in [2.45, 2.75) is 46.1 Å². The fourth-order valence-corrected chi connectivity index (χ4v) is 7.73. The number of piperidine rings is 2. The molecule has 0 radical (unpaired) electrons. The Kier molecular flexibility index (Phi) is 7.91. The number of nitrogens with zero attached hydrogens (tertiary/aromatic N) is 4. The molecule has 3 heterocycles. The lowest BCUT2D eigenvalue weighted by Gasteiger charge is -2.35. The van der Waals surface area contributed by atoms with Crippen molar-refractivity contribution in [1.82, 2.24) is 9.88 Å². The quantitative estimate of drug-likeness (QED) is 0.367. The maximum absolute atomic E-state index is 13.1. The molecule has 42 heavy (non-hydrogen) atoms. The van der Waals surface area contributed by atoms with Crippen LogP contribution >= 0.6 is 11.3 Å². The van der Waals surface area contributed by atoms with Gasteiger partial charge in [0.25, 0.3) is 5.91 Å². The third-order valence-corrected chi connectivity index (χ3v) is 10.1. The first-order valence-corrected chi connectivity index (χ1v) is 15.6. The minimum Gasteiger partial charge on any atom is -0.488 e. The van der Waals surface area contributed by atoms with Crippen molar-refractivity contribution in [1.29, 1.82) is 5.26 Å². The van der Waals surface area contributed by atoms with Crippen LogP contribution in [0.1, 0.15) is 52.7 Å². The maximum atomic E-state index is 13.1. The first-order chi connectivity index (χ1) is 20.3. The molecule has 8 nitrogen and oxygen atoms in total. The number of fused-ring (bicyclic) bond motifs is 2. The topological polar surface area (TPSA) is 107 Å². The third-order valence-electron chi connectivity index (χ3n) is 9.16. The number of carboxylic acids is 1. The minimum absolute atomic E-state index is 0.0223. The number of nitriles is 1. The Morgan fingerprint density at radius 3 is 2.60 bits per heavy atom. The number of ether oxygens (including phenoxy) is 1. The monoisotopic (exact) mass is 584 g/mol. The fraction of sp³-hybridized carbons (Fsp3) is 0.455. The number of anilines is 1. The van der Waals surface area contributed by atoms with Crippen molar-refractivity contribution < 1.29 is 19.4 Å². The van der Waals surface area contributed by atoms with E-state index in [9.17, 15) is 20.0 Å². The summed E-state index contributed by atoms with van der Waals surface area (Å²) in [6.07, 6.45) is 3.66. The Hall–Kier alpha value is -3.90. The van der Waals surface area contributed by atoms with E-state index in [0.29, 0.717) is 25.3 Å². The molecule has 3 aromatic rings. The molecule has 1 aromatic heterocycles. The Morgan fingerprint density at radius 1 is 1.10 bits per heavy atom. The molecule has 2 bridgehead atoms. The Labute approximate surface area is 250 Å². The van der Waals surface area contributed by atoms with E-state index in [1.54, 1.807) is 16.2 Å². The van der Waals surface area contributed by atoms with E-state index in [2.05, 4.69) is 29.3 Å². The van der Waals surface area contributed by atoms with Gasteiger partial charge in [0.15, 0.2) is 5.13 Å². The van der Waals surface area contributed by atoms with Crippen LogP contribution in [0.15, 0.2) is 41.8 Å². The number of amides is 1. The highest BCUT2D eigenvalue weighted by molar-refractivity contribution is 7.14. The fourth-order valence-electron chi connectivity index (χ4n) is 6.88. The molecule has 3 aliphatic rings. The molecule has 2 aliphatic heterocycles. The van der Waals surface area contributed by atoms with Crippen LogP contribution in [-0.4, -0.2) is 53.0 Å². The first-order valence-electron chi connectivity index (χ1n) is 14.8. The predicted octanol–water partition coefficient (Wildman–Crippen LogP) is 5.93. The van der Waals surface area contributed by atoms with Crippen LogP contribution < -0.4 is 9.64 Å².